The highest BCUT2D eigenvalue weighted by atomic mass is 16.5. The molecule has 0 spiro atoms. The average Bonchev–Trinajstić information content (AvgIpc) is 3.12. The van der Waals surface area contributed by atoms with Crippen LogP contribution in [0.3, 0.4) is 0 Å². The molecular formula is C14H17N9O2. The minimum Gasteiger partial charge on any atom is -0.365 e. The molecule has 130 valence electrons. The molecule has 2 aliphatic rings. The van der Waals surface area contributed by atoms with Crippen LogP contribution in [0.2, 0.25) is 0 Å². The predicted molar refractivity (Wildman–Crippen MR) is 88.0 cm³/mol. The maximum absolute atomic E-state index is 11.8. The Labute approximate surface area is 142 Å². The standard InChI is InChI=1S/C14H17N9O2/c1-16-13(24)8-4-5-9(25-8)23-6-17-10-11(18-7-2-3-7)19-14(21-22-15)20-12(10)23/h6-9H,2-5H2,1H3,(H,16,24)(H,18,19,20)/t8-,9+/m0/s1. The molecule has 11 heteroatoms. The summed E-state index contributed by atoms with van der Waals surface area (Å²) in [4.78, 5) is 27.5. The highest BCUT2D eigenvalue weighted by Crippen LogP contribution is 2.33. The molecule has 2 aromatic heterocycles. The number of azide groups is 1. The first-order valence-corrected chi connectivity index (χ1v) is 8.13. The fourth-order valence-corrected chi connectivity index (χ4v) is 2.90. The summed E-state index contributed by atoms with van der Waals surface area (Å²) in [6.07, 6.45) is 4.20. The molecule has 2 atom stereocenters. The number of ether oxygens (including phenoxy) is 1. The third kappa shape index (κ3) is 2.94. The van der Waals surface area contributed by atoms with Crippen molar-refractivity contribution in [1.82, 2.24) is 24.8 Å². The van der Waals surface area contributed by atoms with Crippen molar-refractivity contribution in [3.63, 3.8) is 0 Å². The van der Waals surface area contributed by atoms with Crippen LogP contribution >= 0.6 is 0 Å². The molecule has 4 rings (SSSR count). The van der Waals surface area contributed by atoms with Gasteiger partial charge in [-0.1, -0.05) is 0 Å². The van der Waals surface area contributed by atoms with E-state index in [0.717, 1.165) is 12.8 Å². The SMILES string of the molecule is CNC(=O)[C@@H]1CC[C@H](n2cnc3c(NC4CC4)nc(N=[N+]=[N-])nc32)O1. The van der Waals surface area contributed by atoms with Gasteiger partial charge in [0.05, 0.1) is 6.33 Å². The van der Waals surface area contributed by atoms with Gasteiger partial charge in [-0.15, -0.1) is 0 Å². The second-order valence-electron chi connectivity index (χ2n) is 6.08. The van der Waals surface area contributed by atoms with Gasteiger partial charge in [0.1, 0.15) is 12.3 Å². The van der Waals surface area contributed by atoms with Gasteiger partial charge >= 0.3 is 0 Å². The summed E-state index contributed by atoms with van der Waals surface area (Å²) in [5.74, 6) is 0.433. The van der Waals surface area contributed by atoms with E-state index in [2.05, 4.69) is 35.6 Å². The molecule has 25 heavy (non-hydrogen) atoms. The van der Waals surface area contributed by atoms with Gasteiger partial charge in [0.25, 0.3) is 0 Å². The topological polar surface area (TPSA) is 143 Å². The lowest BCUT2D eigenvalue weighted by molar-refractivity contribution is -0.133. The molecule has 3 heterocycles. The van der Waals surface area contributed by atoms with Crippen molar-refractivity contribution in [2.24, 2.45) is 5.11 Å². The van der Waals surface area contributed by atoms with Crippen molar-refractivity contribution < 1.29 is 9.53 Å². The number of rotatable bonds is 5. The van der Waals surface area contributed by atoms with Crippen molar-refractivity contribution in [3.05, 3.63) is 16.8 Å². The molecule has 1 amide bonds. The van der Waals surface area contributed by atoms with Crippen molar-refractivity contribution in [2.45, 2.75) is 44.1 Å². The van der Waals surface area contributed by atoms with E-state index in [9.17, 15) is 4.79 Å². The molecule has 1 aliphatic heterocycles. The number of aromatic nitrogens is 4. The molecule has 0 unspecified atom stereocenters. The summed E-state index contributed by atoms with van der Waals surface area (Å²) in [7, 11) is 1.58. The van der Waals surface area contributed by atoms with E-state index >= 15 is 0 Å². The number of carbonyl (C=O) groups is 1. The first-order valence-electron chi connectivity index (χ1n) is 8.13. The molecule has 11 nitrogen and oxygen atoms in total. The van der Waals surface area contributed by atoms with Gasteiger partial charge in [0.2, 0.25) is 11.9 Å². The summed E-state index contributed by atoms with van der Waals surface area (Å²) in [5.41, 5.74) is 9.81. The molecule has 2 N–H and O–H groups in total. The van der Waals surface area contributed by atoms with Crippen molar-refractivity contribution in [1.29, 1.82) is 0 Å². The lowest BCUT2D eigenvalue weighted by Gasteiger charge is -2.14. The summed E-state index contributed by atoms with van der Waals surface area (Å²) < 4.78 is 7.58. The summed E-state index contributed by atoms with van der Waals surface area (Å²) in [6, 6.07) is 0.363. The van der Waals surface area contributed by atoms with Crippen LogP contribution in [0.1, 0.15) is 31.9 Å². The van der Waals surface area contributed by atoms with Crippen LogP contribution in [0, 0.1) is 0 Å². The summed E-state index contributed by atoms with van der Waals surface area (Å²) >= 11 is 0. The number of carbonyl (C=O) groups excluding carboxylic acids is 1. The Morgan fingerprint density at radius 1 is 1.40 bits per heavy atom. The number of hydrogen-bond donors (Lipinski definition) is 2. The third-order valence-corrected chi connectivity index (χ3v) is 4.31. The van der Waals surface area contributed by atoms with Crippen LogP contribution in [-0.4, -0.2) is 44.6 Å². The molecule has 1 aliphatic carbocycles. The zero-order valence-corrected chi connectivity index (χ0v) is 13.6. The van der Waals surface area contributed by atoms with Crippen LogP contribution in [0.4, 0.5) is 11.8 Å². The predicted octanol–water partition coefficient (Wildman–Crippen LogP) is 1.77. The Bertz CT molecular complexity index is 869. The van der Waals surface area contributed by atoms with Crippen LogP contribution in [-0.2, 0) is 9.53 Å². The Hall–Kier alpha value is -2.91. The molecule has 2 fully saturated rings. The highest BCUT2D eigenvalue weighted by Gasteiger charge is 2.33. The number of hydrogen-bond acceptors (Lipinski definition) is 7. The summed E-state index contributed by atoms with van der Waals surface area (Å²) in [6.45, 7) is 0. The average molecular weight is 343 g/mol. The fraction of sp³-hybridized carbons (Fsp3) is 0.571. The van der Waals surface area contributed by atoms with Gasteiger partial charge < -0.3 is 15.4 Å². The lowest BCUT2D eigenvalue weighted by Crippen LogP contribution is -2.31. The largest absolute Gasteiger partial charge is 0.365 e. The van der Waals surface area contributed by atoms with E-state index in [1.165, 1.54) is 0 Å². The quantitative estimate of drug-likeness (QED) is 0.481. The van der Waals surface area contributed by atoms with E-state index < -0.39 is 6.10 Å². The normalized spacial score (nSPS) is 22.6. The minimum absolute atomic E-state index is 0.0285. The second kappa shape index (κ2) is 6.19. The number of fused-ring (bicyclic) bond motifs is 1. The molecule has 0 radical (unpaired) electrons. The monoisotopic (exact) mass is 343 g/mol. The van der Waals surface area contributed by atoms with E-state index in [4.69, 9.17) is 10.3 Å². The Morgan fingerprint density at radius 2 is 2.24 bits per heavy atom. The van der Waals surface area contributed by atoms with E-state index in [1.807, 2.05) is 0 Å². The van der Waals surface area contributed by atoms with Crippen LogP contribution in [0.25, 0.3) is 21.6 Å². The van der Waals surface area contributed by atoms with Crippen LogP contribution in [0.5, 0.6) is 0 Å². The zero-order valence-electron chi connectivity index (χ0n) is 13.6. The number of nitrogens with one attached hydrogen (secondary N) is 2. The first kappa shape index (κ1) is 15.6. The Balaban J connectivity index is 1.71. The number of amides is 1. The van der Waals surface area contributed by atoms with Gasteiger partial charge in [-0.25, -0.2) is 15.0 Å². The second-order valence-corrected chi connectivity index (χ2v) is 6.08. The van der Waals surface area contributed by atoms with Crippen molar-refractivity contribution >= 4 is 28.8 Å². The fourth-order valence-electron chi connectivity index (χ4n) is 2.90. The molecule has 0 aromatic carbocycles. The Morgan fingerprint density at radius 3 is 2.96 bits per heavy atom. The Kier molecular flexibility index (Phi) is 3.86. The van der Waals surface area contributed by atoms with Crippen molar-refractivity contribution in [2.75, 3.05) is 12.4 Å². The lowest BCUT2D eigenvalue weighted by atomic mass is 10.2. The smallest absolute Gasteiger partial charge is 0.248 e. The van der Waals surface area contributed by atoms with E-state index in [1.54, 1.807) is 17.9 Å². The van der Waals surface area contributed by atoms with Gasteiger partial charge in [-0.3, -0.25) is 9.36 Å². The van der Waals surface area contributed by atoms with Gasteiger partial charge in [-0.2, -0.15) is 0 Å². The van der Waals surface area contributed by atoms with Crippen LogP contribution < -0.4 is 10.6 Å². The highest BCUT2D eigenvalue weighted by molar-refractivity contribution is 5.84. The number of imidazole rings is 1. The molecule has 1 saturated carbocycles. The summed E-state index contributed by atoms with van der Waals surface area (Å²) in [5, 5.41) is 9.40. The third-order valence-electron chi connectivity index (χ3n) is 4.31. The molecule has 1 saturated heterocycles. The van der Waals surface area contributed by atoms with Gasteiger partial charge in [-0.05, 0) is 36.3 Å². The molecule has 0 bridgehead atoms. The zero-order chi connectivity index (χ0) is 17.4. The number of nitrogens with zero attached hydrogens (tertiary/aromatic N) is 7. The minimum atomic E-state index is -0.491. The first-order chi connectivity index (χ1) is 12.2. The maximum Gasteiger partial charge on any atom is 0.248 e. The van der Waals surface area contributed by atoms with E-state index in [0.29, 0.717) is 35.9 Å². The number of anilines is 1. The number of likely N-dealkylation sites (N-methyl/N-ethyl adjacent to an activating group) is 1. The van der Waals surface area contributed by atoms with Crippen LogP contribution in [0.15, 0.2) is 11.4 Å². The maximum atomic E-state index is 11.8. The van der Waals surface area contributed by atoms with Crippen molar-refractivity contribution in [3.8, 4) is 0 Å². The molecular weight excluding hydrogens is 326 g/mol. The van der Waals surface area contributed by atoms with Gasteiger partial charge in [0.15, 0.2) is 17.0 Å². The van der Waals surface area contributed by atoms with E-state index in [-0.39, 0.29) is 18.1 Å². The van der Waals surface area contributed by atoms with Gasteiger partial charge in [0, 0.05) is 18.0 Å². The molecule has 2 aromatic rings.